The van der Waals surface area contributed by atoms with Crippen molar-refractivity contribution in [3.63, 3.8) is 0 Å². The van der Waals surface area contributed by atoms with Crippen LogP contribution < -0.4 is 10.1 Å². The van der Waals surface area contributed by atoms with Gasteiger partial charge in [0.25, 0.3) is 0 Å². The van der Waals surface area contributed by atoms with Crippen molar-refractivity contribution in [3.05, 3.63) is 63.1 Å². The van der Waals surface area contributed by atoms with Gasteiger partial charge in [0.05, 0.1) is 13.2 Å². The molecule has 21 heavy (non-hydrogen) atoms. The van der Waals surface area contributed by atoms with Crippen molar-refractivity contribution in [1.29, 1.82) is 0 Å². The third kappa shape index (κ3) is 4.22. The molecule has 1 unspecified atom stereocenters. The van der Waals surface area contributed by atoms with Crippen molar-refractivity contribution in [2.24, 2.45) is 0 Å². The number of hydrogen-bond acceptors (Lipinski definition) is 2. The number of methoxy groups -OCH3 is 1. The molecule has 2 rings (SSSR count). The van der Waals surface area contributed by atoms with Crippen molar-refractivity contribution in [2.75, 3.05) is 13.7 Å². The highest BCUT2D eigenvalue weighted by Gasteiger charge is 2.17. The summed E-state index contributed by atoms with van der Waals surface area (Å²) in [6.45, 7) is 3.10. The Morgan fingerprint density at radius 3 is 2.52 bits per heavy atom. The summed E-state index contributed by atoms with van der Waals surface area (Å²) in [5.41, 5.74) is 2.34. The van der Waals surface area contributed by atoms with Crippen LogP contribution in [-0.2, 0) is 0 Å². The molecule has 2 aromatic carbocycles. The summed E-state index contributed by atoms with van der Waals surface area (Å²) in [5, 5.41) is 4.33. The quantitative estimate of drug-likeness (QED) is 0.756. The molecule has 1 N–H and O–H groups in total. The van der Waals surface area contributed by atoms with Gasteiger partial charge >= 0.3 is 0 Å². The van der Waals surface area contributed by atoms with Crippen LogP contribution in [0.3, 0.4) is 0 Å². The summed E-state index contributed by atoms with van der Waals surface area (Å²) in [6, 6.07) is 14.1. The lowest BCUT2D eigenvalue weighted by Gasteiger charge is -2.21. The molecule has 0 aromatic heterocycles. The Labute approximate surface area is 139 Å². The molecule has 4 heteroatoms. The fourth-order valence-corrected chi connectivity index (χ4v) is 2.82. The molecule has 112 valence electrons. The zero-order valence-corrected chi connectivity index (χ0v) is 14.5. The van der Waals surface area contributed by atoms with Crippen LogP contribution in [0.2, 0.25) is 5.02 Å². The molecule has 0 saturated heterocycles. The summed E-state index contributed by atoms with van der Waals surface area (Å²) in [6.07, 6.45) is 1.08. The van der Waals surface area contributed by atoms with E-state index in [1.165, 1.54) is 5.56 Å². The van der Waals surface area contributed by atoms with Crippen molar-refractivity contribution >= 4 is 27.5 Å². The number of nitrogens with one attached hydrogen (secondary N) is 1. The van der Waals surface area contributed by atoms with Crippen LogP contribution >= 0.6 is 27.5 Å². The Morgan fingerprint density at radius 2 is 1.90 bits per heavy atom. The fraction of sp³-hybridized carbons (Fsp3) is 0.294. The first-order chi connectivity index (χ1) is 10.2. The summed E-state index contributed by atoms with van der Waals surface area (Å²) in [4.78, 5) is 0. The lowest BCUT2D eigenvalue weighted by atomic mass is 9.98. The van der Waals surface area contributed by atoms with E-state index in [4.69, 9.17) is 16.3 Å². The number of ether oxygens (including phenoxy) is 1. The molecular formula is C17H19BrClNO. The first-order valence-electron chi connectivity index (χ1n) is 6.98. The standard InChI is InChI=1S/C17H19BrClNO/c1-3-10-20-17(12-4-6-13(19)7-5-12)15-11-14(21-2)8-9-16(15)18/h4-9,11,17,20H,3,10H2,1-2H3. The van der Waals surface area contributed by atoms with Crippen LogP contribution in [0, 0.1) is 0 Å². The predicted molar refractivity (Wildman–Crippen MR) is 92.3 cm³/mol. The van der Waals surface area contributed by atoms with Crippen LogP contribution in [-0.4, -0.2) is 13.7 Å². The van der Waals surface area contributed by atoms with Gasteiger partial charge in [-0.3, -0.25) is 0 Å². The molecule has 0 aliphatic carbocycles. The highest BCUT2D eigenvalue weighted by molar-refractivity contribution is 9.10. The van der Waals surface area contributed by atoms with E-state index in [2.05, 4.69) is 46.4 Å². The normalized spacial score (nSPS) is 12.2. The van der Waals surface area contributed by atoms with Gasteiger partial charge in [-0.05, 0) is 54.4 Å². The van der Waals surface area contributed by atoms with Gasteiger partial charge in [0.2, 0.25) is 0 Å². The van der Waals surface area contributed by atoms with E-state index in [-0.39, 0.29) is 6.04 Å². The summed E-state index contributed by atoms with van der Waals surface area (Å²) < 4.78 is 6.41. The van der Waals surface area contributed by atoms with Gasteiger partial charge in [0, 0.05) is 9.50 Å². The maximum absolute atomic E-state index is 6.00. The van der Waals surface area contributed by atoms with Crippen molar-refractivity contribution in [1.82, 2.24) is 5.32 Å². The van der Waals surface area contributed by atoms with E-state index in [0.717, 1.165) is 33.8 Å². The molecule has 0 bridgehead atoms. The van der Waals surface area contributed by atoms with E-state index in [1.807, 2.05) is 24.3 Å². The van der Waals surface area contributed by atoms with Crippen LogP contribution in [0.15, 0.2) is 46.9 Å². The topological polar surface area (TPSA) is 21.3 Å². The van der Waals surface area contributed by atoms with E-state index in [1.54, 1.807) is 7.11 Å². The second-order valence-corrected chi connectivity index (χ2v) is 6.12. The van der Waals surface area contributed by atoms with Gasteiger partial charge in [-0.2, -0.15) is 0 Å². The molecule has 0 heterocycles. The second-order valence-electron chi connectivity index (χ2n) is 4.83. The first kappa shape index (κ1) is 16.3. The molecule has 1 atom stereocenters. The third-order valence-electron chi connectivity index (χ3n) is 3.32. The molecule has 0 amide bonds. The van der Waals surface area contributed by atoms with Crippen molar-refractivity contribution in [2.45, 2.75) is 19.4 Å². The number of halogens is 2. The highest BCUT2D eigenvalue weighted by atomic mass is 79.9. The van der Waals surface area contributed by atoms with Crippen molar-refractivity contribution < 1.29 is 4.74 Å². The lowest BCUT2D eigenvalue weighted by molar-refractivity contribution is 0.413. The Morgan fingerprint density at radius 1 is 1.19 bits per heavy atom. The van der Waals surface area contributed by atoms with Gasteiger partial charge in [-0.1, -0.05) is 46.6 Å². The van der Waals surface area contributed by atoms with Crippen LogP contribution in [0.1, 0.15) is 30.5 Å². The molecule has 2 nitrogen and oxygen atoms in total. The molecule has 0 fully saturated rings. The van der Waals surface area contributed by atoms with Crippen LogP contribution in [0.4, 0.5) is 0 Å². The van der Waals surface area contributed by atoms with Crippen LogP contribution in [0.25, 0.3) is 0 Å². The molecule has 0 saturated carbocycles. The Bertz CT molecular complexity index is 586. The van der Waals surface area contributed by atoms with E-state index in [9.17, 15) is 0 Å². The van der Waals surface area contributed by atoms with Gasteiger partial charge in [-0.25, -0.2) is 0 Å². The first-order valence-corrected chi connectivity index (χ1v) is 8.15. The Hall–Kier alpha value is -1.03. The van der Waals surface area contributed by atoms with E-state index >= 15 is 0 Å². The SMILES string of the molecule is CCCNC(c1ccc(Cl)cc1)c1cc(OC)ccc1Br. The Kier molecular flexibility index (Phi) is 6.09. The minimum atomic E-state index is 0.103. The minimum Gasteiger partial charge on any atom is -0.497 e. The average molecular weight is 369 g/mol. The molecule has 0 aliphatic heterocycles. The monoisotopic (exact) mass is 367 g/mol. The number of hydrogen-bond donors (Lipinski definition) is 1. The smallest absolute Gasteiger partial charge is 0.119 e. The molecule has 0 radical (unpaired) electrons. The number of rotatable bonds is 6. The lowest BCUT2D eigenvalue weighted by Crippen LogP contribution is -2.23. The van der Waals surface area contributed by atoms with Crippen molar-refractivity contribution in [3.8, 4) is 5.75 Å². The van der Waals surface area contributed by atoms with Gasteiger partial charge in [-0.15, -0.1) is 0 Å². The second kappa shape index (κ2) is 7.83. The average Bonchev–Trinajstić information content (AvgIpc) is 2.51. The summed E-state index contributed by atoms with van der Waals surface area (Å²) >= 11 is 9.64. The van der Waals surface area contributed by atoms with E-state index < -0.39 is 0 Å². The molecule has 2 aromatic rings. The molecular weight excluding hydrogens is 350 g/mol. The fourth-order valence-electron chi connectivity index (χ4n) is 2.22. The summed E-state index contributed by atoms with van der Waals surface area (Å²) in [7, 11) is 1.68. The maximum Gasteiger partial charge on any atom is 0.119 e. The zero-order chi connectivity index (χ0) is 15.2. The summed E-state index contributed by atoms with van der Waals surface area (Å²) in [5.74, 6) is 0.852. The number of benzene rings is 2. The predicted octanol–water partition coefficient (Wildman–Crippen LogP) is 5.20. The van der Waals surface area contributed by atoms with Gasteiger partial charge in [0.1, 0.15) is 5.75 Å². The largest absolute Gasteiger partial charge is 0.497 e. The van der Waals surface area contributed by atoms with Crippen LogP contribution in [0.5, 0.6) is 5.75 Å². The minimum absolute atomic E-state index is 0.103. The van der Waals surface area contributed by atoms with Gasteiger partial charge in [0.15, 0.2) is 0 Å². The molecule has 0 aliphatic rings. The van der Waals surface area contributed by atoms with E-state index in [0.29, 0.717) is 0 Å². The Balaban J connectivity index is 2.42. The highest BCUT2D eigenvalue weighted by Crippen LogP contribution is 2.32. The zero-order valence-electron chi connectivity index (χ0n) is 12.2. The molecule has 0 spiro atoms. The third-order valence-corrected chi connectivity index (χ3v) is 4.29. The van der Waals surface area contributed by atoms with Gasteiger partial charge < -0.3 is 10.1 Å². The maximum atomic E-state index is 6.00.